The van der Waals surface area contributed by atoms with Gasteiger partial charge < -0.3 is 14.9 Å². The van der Waals surface area contributed by atoms with Crippen molar-refractivity contribution in [2.75, 3.05) is 26.7 Å². The summed E-state index contributed by atoms with van der Waals surface area (Å²) in [6, 6.07) is -0.779. The monoisotopic (exact) mass is 268 g/mol. The van der Waals surface area contributed by atoms with Gasteiger partial charge in [-0.1, -0.05) is 0 Å². The van der Waals surface area contributed by atoms with Gasteiger partial charge in [-0.3, -0.25) is 4.79 Å². The van der Waals surface area contributed by atoms with Crippen molar-refractivity contribution in [3.8, 4) is 0 Å². The Morgan fingerprint density at radius 2 is 2.06 bits per heavy atom. The van der Waals surface area contributed by atoms with Crippen LogP contribution in [0, 0.1) is 5.92 Å². The lowest BCUT2D eigenvalue weighted by molar-refractivity contribution is -0.144. The van der Waals surface area contributed by atoms with Gasteiger partial charge in [-0.2, -0.15) is 13.2 Å². The SMILES string of the molecule is CN(CC(F)(F)F)C(=O)N1CCC[C@@H](C(=O)O)C1. The highest BCUT2D eigenvalue weighted by Gasteiger charge is 2.35. The van der Waals surface area contributed by atoms with Crippen LogP contribution in [0.4, 0.5) is 18.0 Å². The first-order chi connectivity index (χ1) is 8.20. The predicted molar refractivity (Wildman–Crippen MR) is 56.0 cm³/mol. The second kappa shape index (κ2) is 5.45. The standard InChI is InChI=1S/C10H15F3N2O3/c1-14(6-10(11,12)13)9(18)15-4-2-3-7(5-15)8(16)17/h7H,2-6H2,1H3,(H,16,17)/t7-/m1/s1. The summed E-state index contributed by atoms with van der Waals surface area (Å²) < 4.78 is 36.4. The van der Waals surface area contributed by atoms with Crippen LogP contribution in [0.25, 0.3) is 0 Å². The van der Waals surface area contributed by atoms with Crippen LogP contribution in [0.2, 0.25) is 0 Å². The first-order valence-electron chi connectivity index (χ1n) is 5.50. The fourth-order valence-corrected chi connectivity index (χ4v) is 1.93. The second-order valence-corrected chi connectivity index (χ2v) is 4.38. The van der Waals surface area contributed by atoms with Crippen LogP contribution in [0.1, 0.15) is 12.8 Å². The quantitative estimate of drug-likeness (QED) is 0.823. The van der Waals surface area contributed by atoms with E-state index in [2.05, 4.69) is 0 Å². The zero-order chi connectivity index (χ0) is 13.9. The molecule has 0 aromatic heterocycles. The Kier molecular flexibility index (Phi) is 4.42. The summed E-state index contributed by atoms with van der Waals surface area (Å²) in [6.45, 7) is -1.07. The maximum Gasteiger partial charge on any atom is 0.406 e. The van der Waals surface area contributed by atoms with Gasteiger partial charge in [0.05, 0.1) is 5.92 Å². The number of hydrogen-bond donors (Lipinski definition) is 1. The van der Waals surface area contributed by atoms with Gasteiger partial charge in [-0.25, -0.2) is 4.79 Å². The minimum atomic E-state index is -4.45. The van der Waals surface area contributed by atoms with Crippen molar-refractivity contribution in [1.82, 2.24) is 9.80 Å². The van der Waals surface area contributed by atoms with Crippen LogP contribution >= 0.6 is 0 Å². The highest BCUT2D eigenvalue weighted by Crippen LogP contribution is 2.20. The Morgan fingerprint density at radius 1 is 1.44 bits per heavy atom. The molecule has 1 saturated heterocycles. The Hall–Kier alpha value is -1.47. The number of carboxylic acids is 1. The van der Waals surface area contributed by atoms with E-state index < -0.39 is 30.6 Å². The molecule has 104 valence electrons. The largest absolute Gasteiger partial charge is 0.481 e. The number of amides is 2. The van der Waals surface area contributed by atoms with E-state index in [0.29, 0.717) is 24.3 Å². The van der Waals surface area contributed by atoms with Crippen molar-refractivity contribution in [2.24, 2.45) is 5.92 Å². The number of hydrogen-bond acceptors (Lipinski definition) is 2. The highest BCUT2D eigenvalue weighted by atomic mass is 19.4. The van der Waals surface area contributed by atoms with Crippen LogP contribution in [-0.2, 0) is 4.79 Å². The first-order valence-corrected chi connectivity index (χ1v) is 5.50. The zero-order valence-electron chi connectivity index (χ0n) is 9.90. The molecule has 18 heavy (non-hydrogen) atoms. The summed E-state index contributed by atoms with van der Waals surface area (Å²) in [5, 5.41) is 8.83. The molecule has 1 aliphatic heterocycles. The van der Waals surface area contributed by atoms with Crippen LogP contribution in [-0.4, -0.2) is 59.8 Å². The van der Waals surface area contributed by atoms with Crippen molar-refractivity contribution < 1.29 is 27.9 Å². The molecule has 0 unspecified atom stereocenters. The number of alkyl halides is 3. The first kappa shape index (κ1) is 14.6. The van der Waals surface area contributed by atoms with E-state index in [4.69, 9.17) is 5.11 Å². The number of likely N-dealkylation sites (tertiary alicyclic amines) is 1. The Morgan fingerprint density at radius 3 is 2.56 bits per heavy atom. The molecule has 2 amide bonds. The van der Waals surface area contributed by atoms with Crippen LogP contribution in [0.5, 0.6) is 0 Å². The van der Waals surface area contributed by atoms with Crippen LogP contribution in [0.15, 0.2) is 0 Å². The minimum absolute atomic E-state index is 0.0314. The Bertz CT molecular complexity index is 333. The van der Waals surface area contributed by atoms with Crippen LogP contribution < -0.4 is 0 Å². The summed E-state index contributed by atoms with van der Waals surface area (Å²) in [6.07, 6.45) is -3.52. The number of rotatable bonds is 2. The molecule has 0 spiro atoms. The summed E-state index contributed by atoms with van der Waals surface area (Å²) in [5.41, 5.74) is 0. The van der Waals surface area contributed by atoms with Gasteiger partial charge in [0.15, 0.2) is 0 Å². The lowest BCUT2D eigenvalue weighted by atomic mass is 9.99. The van der Waals surface area contributed by atoms with Gasteiger partial charge >= 0.3 is 18.2 Å². The highest BCUT2D eigenvalue weighted by molar-refractivity contribution is 5.76. The van der Waals surface area contributed by atoms with Crippen molar-refractivity contribution in [2.45, 2.75) is 19.0 Å². The average Bonchev–Trinajstić information content (AvgIpc) is 2.26. The van der Waals surface area contributed by atoms with Gasteiger partial charge in [0.25, 0.3) is 0 Å². The predicted octanol–water partition coefficient (Wildman–Crippen LogP) is 1.40. The van der Waals surface area contributed by atoms with E-state index in [1.54, 1.807) is 0 Å². The molecule has 0 aromatic rings. The maximum atomic E-state index is 12.1. The molecule has 1 fully saturated rings. The van der Waals surface area contributed by atoms with E-state index in [0.717, 1.165) is 11.9 Å². The number of carbonyl (C=O) groups is 2. The molecular formula is C10H15F3N2O3. The Labute approximate surface area is 102 Å². The number of carboxylic acid groups (broad SMARTS) is 1. The molecule has 0 aliphatic carbocycles. The molecule has 0 radical (unpaired) electrons. The third-order valence-electron chi connectivity index (χ3n) is 2.78. The van der Waals surface area contributed by atoms with E-state index >= 15 is 0 Å². The van der Waals surface area contributed by atoms with Crippen molar-refractivity contribution in [1.29, 1.82) is 0 Å². The summed E-state index contributed by atoms with van der Waals surface area (Å²) in [7, 11) is 1.06. The van der Waals surface area contributed by atoms with E-state index in [1.165, 1.54) is 0 Å². The van der Waals surface area contributed by atoms with Gasteiger partial charge in [-0.15, -0.1) is 0 Å². The summed E-state index contributed by atoms with van der Waals surface area (Å²) in [4.78, 5) is 24.2. The molecule has 0 bridgehead atoms. The van der Waals surface area contributed by atoms with Crippen molar-refractivity contribution in [3.63, 3.8) is 0 Å². The molecule has 1 atom stereocenters. The smallest absolute Gasteiger partial charge is 0.406 e. The number of urea groups is 1. The number of piperidine rings is 1. The average molecular weight is 268 g/mol. The van der Waals surface area contributed by atoms with Gasteiger partial charge in [0.2, 0.25) is 0 Å². The molecule has 1 rings (SSSR count). The molecule has 1 N–H and O–H groups in total. The lowest BCUT2D eigenvalue weighted by Crippen LogP contribution is -2.49. The van der Waals surface area contributed by atoms with Crippen molar-refractivity contribution >= 4 is 12.0 Å². The minimum Gasteiger partial charge on any atom is -0.481 e. The second-order valence-electron chi connectivity index (χ2n) is 4.38. The molecule has 0 saturated carbocycles. The number of aliphatic carboxylic acids is 1. The van der Waals surface area contributed by atoms with Gasteiger partial charge in [-0.05, 0) is 12.8 Å². The molecule has 1 aliphatic rings. The van der Waals surface area contributed by atoms with Crippen molar-refractivity contribution in [3.05, 3.63) is 0 Å². The zero-order valence-corrected chi connectivity index (χ0v) is 9.90. The third-order valence-corrected chi connectivity index (χ3v) is 2.78. The third kappa shape index (κ3) is 4.08. The molecular weight excluding hydrogens is 253 g/mol. The fraction of sp³-hybridized carbons (Fsp3) is 0.800. The van der Waals surface area contributed by atoms with Crippen LogP contribution in [0.3, 0.4) is 0 Å². The maximum absolute atomic E-state index is 12.1. The number of nitrogens with zero attached hydrogens (tertiary/aromatic N) is 2. The normalized spacial score (nSPS) is 20.7. The number of halogens is 3. The van der Waals surface area contributed by atoms with E-state index in [9.17, 15) is 22.8 Å². The molecule has 8 heteroatoms. The van der Waals surface area contributed by atoms with E-state index in [1.807, 2.05) is 0 Å². The lowest BCUT2D eigenvalue weighted by Gasteiger charge is -2.33. The van der Waals surface area contributed by atoms with Gasteiger partial charge in [0.1, 0.15) is 6.54 Å². The number of carbonyl (C=O) groups excluding carboxylic acids is 1. The molecule has 0 aromatic carbocycles. The molecule has 1 heterocycles. The Balaban J connectivity index is 2.58. The topological polar surface area (TPSA) is 60.9 Å². The fourth-order valence-electron chi connectivity index (χ4n) is 1.93. The van der Waals surface area contributed by atoms with E-state index in [-0.39, 0.29) is 6.54 Å². The summed E-state index contributed by atoms with van der Waals surface area (Å²) in [5.74, 6) is -1.71. The molecule has 5 nitrogen and oxygen atoms in total. The van der Waals surface area contributed by atoms with Gasteiger partial charge in [0, 0.05) is 20.1 Å². The summed E-state index contributed by atoms with van der Waals surface area (Å²) >= 11 is 0.